The van der Waals surface area contributed by atoms with Gasteiger partial charge in [0.15, 0.2) is 0 Å². The third-order valence-corrected chi connectivity index (χ3v) is 4.35. The van der Waals surface area contributed by atoms with E-state index in [1.165, 1.54) is 24.0 Å². The molecule has 0 radical (unpaired) electrons. The van der Waals surface area contributed by atoms with Crippen molar-refractivity contribution in [3.05, 3.63) is 57.6 Å². The zero-order chi connectivity index (χ0) is 14.8. The number of halogens is 1. The number of aryl methyl sites for hydroxylation is 2. The first-order valence-electron chi connectivity index (χ1n) is 7.39. The number of nitrogens with one attached hydrogen (secondary N) is 1. The highest BCUT2D eigenvalue weighted by atomic mass is 79.9. The fourth-order valence-electron chi connectivity index (χ4n) is 2.22. The molecule has 21 heavy (non-hydrogen) atoms. The molecule has 2 aromatic rings. The van der Waals surface area contributed by atoms with Crippen molar-refractivity contribution in [2.24, 2.45) is 0 Å². The molecule has 0 saturated heterocycles. The minimum atomic E-state index is 0.731. The van der Waals surface area contributed by atoms with E-state index in [1.54, 1.807) is 0 Å². The Morgan fingerprint density at radius 1 is 1.10 bits per heavy atom. The van der Waals surface area contributed by atoms with Crippen molar-refractivity contribution in [1.29, 1.82) is 0 Å². The smallest absolute Gasteiger partial charge is 0.141 e. The van der Waals surface area contributed by atoms with Crippen molar-refractivity contribution in [3.63, 3.8) is 0 Å². The predicted octanol–water partition coefficient (Wildman–Crippen LogP) is 5.11. The molecular formula is C18H20BrNO. The average molecular weight is 346 g/mol. The number of hydrogen-bond acceptors (Lipinski definition) is 2. The van der Waals surface area contributed by atoms with E-state index in [0.717, 1.165) is 34.1 Å². The fourth-order valence-corrected chi connectivity index (χ4v) is 2.73. The Hall–Kier alpha value is -1.32. The molecule has 3 heteroatoms. The Balaban J connectivity index is 1.74. The van der Waals surface area contributed by atoms with Crippen LogP contribution in [0.15, 0.2) is 40.9 Å². The van der Waals surface area contributed by atoms with Gasteiger partial charge in [-0.3, -0.25) is 0 Å². The number of benzene rings is 2. The van der Waals surface area contributed by atoms with Gasteiger partial charge >= 0.3 is 0 Å². The Morgan fingerprint density at radius 2 is 1.90 bits per heavy atom. The summed E-state index contributed by atoms with van der Waals surface area (Å²) in [4.78, 5) is 0. The summed E-state index contributed by atoms with van der Waals surface area (Å²) in [6, 6.07) is 13.3. The van der Waals surface area contributed by atoms with Gasteiger partial charge in [-0.1, -0.05) is 18.2 Å². The highest BCUT2D eigenvalue weighted by molar-refractivity contribution is 9.10. The lowest BCUT2D eigenvalue weighted by Gasteiger charge is -2.12. The van der Waals surface area contributed by atoms with Crippen molar-refractivity contribution >= 4 is 15.9 Å². The number of rotatable bonds is 5. The molecule has 0 unspecified atom stereocenters. The van der Waals surface area contributed by atoms with E-state index >= 15 is 0 Å². The second-order valence-electron chi connectivity index (χ2n) is 5.79. The SMILES string of the molecule is Cc1ccc(C)c(Oc2ccc(CNC3CC3)cc2Br)c1. The molecular weight excluding hydrogens is 326 g/mol. The van der Waals surface area contributed by atoms with E-state index in [4.69, 9.17) is 4.74 Å². The van der Waals surface area contributed by atoms with Crippen molar-refractivity contribution in [2.75, 3.05) is 0 Å². The molecule has 0 atom stereocenters. The van der Waals surface area contributed by atoms with Crippen molar-refractivity contribution in [3.8, 4) is 11.5 Å². The second-order valence-corrected chi connectivity index (χ2v) is 6.65. The van der Waals surface area contributed by atoms with Crippen molar-refractivity contribution in [1.82, 2.24) is 5.32 Å². The van der Waals surface area contributed by atoms with Crippen LogP contribution in [-0.4, -0.2) is 6.04 Å². The topological polar surface area (TPSA) is 21.3 Å². The molecule has 1 fully saturated rings. The molecule has 1 saturated carbocycles. The molecule has 1 aliphatic carbocycles. The molecule has 3 rings (SSSR count). The lowest BCUT2D eigenvalue weighted by atomic mass is 10.1. The summed E-state index contributed by atoms with van der Waals surface area (Å²) in [5, 5.41) is 3.52. The maximum atomic E-state index is 6.05. The molecule has 1 N–H and O–H groups in total. The minimum Gasteiger partial charge on any atom is -0.456 e. The third kappa shape index (κ3) is 3.86. The molecule has 0 spiro atoms. The Labute approximate surface area is 134 Å². The van der Waals surface area contributed by atoms with Gasteiger partial charge in [0.25, 0.3) is 0 Å². The van der Waals surface area contributed by atoms with Gasteiger partial charge < -0.3 is 10.1 Å². The monoisotopic (exact) mass is 345 g/mol. The highest BCUT2D eigenvalue weighted by Gasteiger charge is 2.20. The Kier molecular flexibility index (Phi) is 4.32. The zero-order valence-electron chi connectivity index (χ0n) is 12.4. The zero-order valence-corrected chi connectivity index (χ0v) is 14.0. The van der Waals surface area contributed by atoms with Crippen LogP contribution in [0.2, 0.25) is 0 Å². The molecule has 2 aromatic carbocycles. The van der Waals surface area contributed by atoms with Gasteiger partial charge in [0.2, 0.25) is 0 Å². The summed E-state index contributed by atoms with van der Waals surface area (Å²) in [6.45, 7) is 5.07. The van der Waals surface area contributed by atoms with Crippen LogP contribution in [0.1, 0.15) is 29.5 Å². The standard InChI is InChI=1S/C18H20BrNO/c1-12-3-4-13(2)18(9-12)21-17-8-5-14(10-16(17)19)11-20-15-6-7-15/h3-5,8-10,15,20H,6-7,11H2,1-2H3. The van der Waals surface area contributed by atoms with Crippen LogP contribution >= 0.6 is 15.9 Å². The van der Waals surface area contributed by atoms with Crippen molar-refractivity contribution in [2.45, 2.75) is 39.3 Å². The molecule has 0 amide bonds. The summed E-state index contributed by atoms with van der Waals surface area (Å²) < 4.78 is 7.05. The lowest BCUT2D eigenvalue weighted by Crippen LogP contribution is -2.15. The van der Waals surface area contributed by atoms with Crippen molar-refractivity contribution < 1.29 is 4.74 Å². The van der Waals surface area contributed by atoms with E-state index in [-0.39, 0.29) is 0 Å². The highest BCUT2D eigenvalue weighted by Crippen LogP contribution is 2.32. The van der Waals surface area contributed by atoms with E-state index in [1.807, 2.05) is 6.07 Å². The van der Waals surface area contributed by atoms with E-state index in [0.29, 0.717) is 0 Å². The van der Waals surface area contributed by atoms with Crippen LogP contribution in [0.5, 0.6) is 11.5 Å². The maximum Gasteiger partial charge on any atom is 0.141 e. The molecule has 0 bridgehead atoms. The Bertz CT molecular complexity index is 650. The van der Waals surface area contributed by atoms with Crippen LogP contribution in [0.3, 0.4) is 0 Å². The predicted molar refractivity (Wildman–Crippen MR) is 90.0 cm³/mol. The first-order valence-corrected chi connectivity index (χ1v) is 8.18. The normalized spacial score (nSPS) is 14.2. The van der Waals surface area contributed by atoms with Gasteiger partial charge in [0.05, 0.1) is 4.47 Å². The molecule has 0 heterocycles. The summed E-state index contributed by atoms with van der Waals surface area (Å²) in [5.41, 5.74) is 3.63. The largest absolute Gasteiger partial charge is 0.456 e. The quantitative estimate of drug-likeness (QED) is 0.812. The van der Waals surface area contributed by atoms with Crippen LogP contribution < -0.4 is 10.1 Å². The lowest BCUT2D eigenvalue weighted by molar-refractivity contribution is 0.475. The molecule has 110 valence electrons. The van der Waals surface area contributed by atoms with E-state index < -0.39 is 0 Å². The summed E-state index contributed by atoms with van der Waals surface area (Å²) in [6.07, 6.45) is 2.63. The number of ether oxygens (including phenoxy) is 1. The third-order valence-electron chi connectivity index (χ3n) is 3.73. The molecule has 2 nitrogen and oxygen atoms in total. The summed E-state index contributed by atoms with van der Waals surface area (Å²) >= 11 is 3.62. The van der Waals surface area contributed by atoms with Crippen LogP contribution in [-0.2, 0) is 6.54 Å². The molecule has 1 aliphatic rings. The van der Waals surface area contributed by atoms with Gasteiger partial charge in [0.1, 0.15) is 11.5 Å². The fraction of sp³-hybridized carbons (Fsp3) is 0.333. The maximum absolute atomic E-state index is 6.05. The second kappa shape index (κ2) is 6.20. The first kappa shape index (κ1) is 14.6. The minimum absolute atomic E-state index is 0.731. The molecule has 0 aromatic heterocycles. The first-order chi connectivity index (χ1) is 10.1. The van der Waals surface area contributed by atoms with E-state index in [9.17, 15) is 0 Å². The number of hydrogen-bond donors (Lipinski definition) is 1. The van der Waals surface area contributed by atoms with Gasteiger partial charge in [-0.15, -0.1) is 0 Å². The van der Waals surface area contributed by atoms with Crippen LogP contribution in [0, 0.1) is 13.8 Å². The van der Waals surface area contributed by atoms with Gasteiger partial charge in [0, 0.05) is 12.6 Å². The van der Waals surface area contributed by atoms with Gasteiger partial charge in [-0.2, -0.15) is 0 Å². The van der Waals surface area contributed by atoms with Crippen LogP contribution in [0.4, 0.5) is 0 Å². The molecule has 0 aliphatic heterocycles. The van der Waals surface area contributed by atoms with E-state index in [2.05, 4.69) is 65.4 Å². The van der Waals surface area contributed by atoms with Gasteiger partial charge in [-0.05, 0) is 77.5 Å². The van der Waals surface area contributed by atoms with Crippen LogP contribution in [0.25, 0.3) is 0 Å². The average Bonchev–Trinajstić information content (AvgIpc) is 3.27. The Morgan fingerprint density at radius 3 is 2.62 bits per heavy atom. The summed E-state index contributed by atoms with van der Waals surface area (Å²) in [5.74, 6) is 1.78. The summed E-state index contributed by atoms with van der Waals surface area (Å²) in [7, 11) is 0. The van der Waals surface area contributed by atoms with Gasteiger partial charge in [-0.25, -0.2) is 0 Å².